The average molecular weight is 237 g/mol. The van der Waals surface area contributed by atoms with Gasteiger partial charge in [-0.1, -0.05) is 6.07 Å². The fraction of sp³-hybridized carbons (Fsp3) is 0.400. The molecule has 0 aromatic heterocycles. The van der Waals surface area contributed by atoms with Crippen LogP contribution < -0.4 is 10.1 Å². The monoisotopic (exact) mass is 236 g/mol. The van der Waals surface area contributed by atoms with Gasteiger partial charge in [-0.2, -0.15) is 0 Å². The number of phenolic OH excluding ortho intramolecular Hbond substituents is 1. The smallest absolute Gasteiger partial charge is 0.160 e. The van der Waals surface area contributed by atoms with E-state index in [1.165, 1.54) is 25.3 Å². The van der Waals surface area contributed by atoms with Gasteiger partial charge in [0.25, 0.3) is 0 Å². The molecule has 1 rings (SSSR count). The molecule has 5 heteroatoms. The zero-order chi connectivity index (χ0) is 13.1. The lowest BCUT2D eigenvalue weighted by molar-refractivity contribution is 0.177. The highest BCUT2D eigenvalue weighted by Crippen LogP contribution is 2.28. The topological polar surface area (TPSA) is 61.7 Å². The Morgan fingerprint density at radius 1 is 1.60 bits per heavy atom. The van der Waals surface area contributed by atoms with Gasteiger partial charge in [-0.05, 0) is 24.7 Å². The second-order valence-electron chi connectivity index (χ2n) is 2.83. The minimum Gasteiger partial charge on any atom is -0.504 e. The summed E-state index contributed by atoms with van der Waals surface area (Å²) in [6.07, 6.45) is -0.982. The maximum atomic E-state index is 9.75. The van der Waals surface area contributed by atoms with Crippen molar-refractivity contribution in [2.24, 2.45) is 0 Å². The molecule has 0 radical (unpaired) electrons. The van der Waals surface area contributed by atoms with E-state index in [-0.39, 0.29) is 30.5 Å². The summed E-state index contributed by atoms with van der Waals surface area (Å²) in [5, 5.41) is 21.3. The van der Waals surface area contributed by atoms with Crippen LogP contribution in [0.4, 0.5) is 0 Å². The summed E-state index contributed by atoms with van der Waals surface area (Å²) in [6, 6.07) is 4.34. The third-order valence-electron chi connectivity index (χ3n) is 1.88. The SMILES string of the molecule is Cl.[2H]C([2H])([2H])NCC(O)c1ccc(O)c(OC)c1. The number of aliphatic hydroxyl groups excluding tert-OH is 1. The number of benzene rings is 1. The van der Waals surface area contributed by atoms with Crippen LogP contribution in [0.5, 0.6) is 11.5 Å². The van der Waals surface area contributed by atoms with Gasteiger partial charge in [0.1, 0.15) is 0 Å². The third-order valence-corrected chi connectivity index (χ3v) is 1.88. The maximum Gasteiger partial charge on any atom is 0.160 e. The van der Waals surface area contributed by atoms with Gasteiger partial charge in [-0.15, -0.1) is 12.4 Å². The quantitative estimate of drug-likeness (QED) is 0.732. The van der Waals surface area contributed by atoms with Gasteiger partial charge in [0.2, 0.25) is 0 Å². The molecule has 0 spiro atoms. The van der Waals surface area contributed by atoms with E-state index in [2.05, 4.69) is 5.32 Å². The van der Waals surface area contributed by atoms with E-state index in [9.17, 15) is 10.2 Å². The Morgan fingerprint density at radius 3 is 2.93 bits per heavy atom. The van der Waals surface area contributed by atoms with Crippen molar-refractivity contribution >= 4 is 12.4 Å². The molecule has 0 bridgehead atoms. The summed E-state index contributed by atoms with van der Waals surface area (Å²) in [4.78, 5) is 0. The van der Waals surface area contributed by atoms with Crippen molar-refractivity contribution in [1.82, 2.24) is 5.32 Å². The standard InChI is InChI=1S/C10H15NO3.ClH/c1-11-6-9(13)7-3-4-8(12)10(5-7)14-2;/h3-5,9,11-13H,6H2,1-2H3;1H/i1D3;. The van der Waals surface area contributed by atoms with Gasteiger partial charge < -0.3 is 20.3 Å². The van der Waals surface area contributed by atoms with Gasteiger partial charge in [0.15, 0.2) is 11.5 Å². The van der Waals surface area contributed by atoms with E-state index in [1.54, 1.807) is 0 Å². The van der Waals surface area contributed by atoms with Crippen molar-refractivity contribution in [3.8, 4) is 11.5 Å². The number of halogens is 1. The number of phenols is 1. The number of ether oxygens (including phenoxy) is 1. The molecule has 86 valence electrons. The Labute approximate surface area is 99.5 Å². The molecule has 0 fully saturated rings. The summed E-state index contributed by atoms with van der Waals surface area (Å²) < 4.78 is 25.7. The molecule has 0 heterocycles. The number of nitrogens with one attached hydrogen (secondary N) is 1. The second-order valence-corrected chi connectivity index (χ2v) is 2.83. The Hall–Kier alpha value is -0.970. The van der Waals surface area contributed by atoms with Crippen LogP contribution in [0.1, 0.15) is 15.8 Å². The van der Waals surface area contributed by atoms with Crippen LogP contribution in [-0.2, 0) is 0 Å². The van der Waals surface area contributed by atoms with E-state index in [0.717, 1.165) is 0 Å². The molecular weight excluding hydrogens is 218 g/mol. The lowest BCUT2D eigenvalue weighted by Gasteiger charge is -2.12. The number of aromatic hydroxyl groups is 1. The van der Waals surface area contributed by atoms with Crippen LogP contribution in [0, 0.1) is 0 Å². The van der Waals surface area contributed by atoms with E-state index in [4.69, 9.17) is 8.85 Å². The van der Waals surface area contributed by atoms with Crippen LogP contribution >= 0.6 is 12.4 Å². The van der Waals surface area contributed by atoms with Crippen LogP contribution in [-0.4, -0.2) is 30.8 Å². The lowest BCUT2D eigenvalue weighted by atomic mass is 10.1. The summed E-state index contributed by atoms with van der Waals surface area (Å²) in [5.74, 6) is 0.197. The Bertz CT molecular complexity index is 387. The normalized spacial score (nSPS) is 15.5. The van der Waals surface area contributed by atoms with Crippen LogP contribution in [0.15, 0.2) is 18.2 Å². The number of hydrogen-bond donors (Lipinski definition) is 3. The van der Waals surface area contributed by atoms with E-state index < -0.39 is 13.1 Å². The van der Waals surface area contributed by atoms with Gasteiger partial charge in [0, 0.05) is 10.7 Å². The highest BCUT2D eigenvalue weighted by molar-refractivity contribution is 5.85. The van der Waals surface area contributed by atoms with E-state index in [1.807, 2.05) is 0 Å². The van der Waals surface area contributed by atoms with Crippen molar-refractivity contribution in [2.45, 2.75) is 6.10 Å². The van der Waals surface area contributed by atoms with Crippen molar-refractivity contribution in [3.05, 3.63) is 23.8 Å². The molecule has 0 aliphatic heterocycles. The van der Waals surface area contributed by atoms with Crippen LogP contribution in [0.25, 0.3) is 0 Å². The van der Waals surface area contributed by atoms with Crippen LogP contribution in [0.2, 0.25) is 0 Å². The van der Waals surface area contributed by atoms with Gasteiger partial charge in [-0.25, -0.2) is 0 Å². The predicted octanol–water partition coefficient (Wildman–Crippen LogP) is 1.08. The molecule has 0 aliphatic rings. The number of aliphatic hydroxyl groups is 1. The number of rotatable bonds is 4. The molecule has 3 N–H and O–H groups in total. The van der Waals surface area contributed by atoms with E-state index >= 15 is 0 Å². The molecule has 1 aromatic carbocycles. The Kier molecular flexibility index (Phi) is 4.02. The summed E-state index contributed by atoms with van der Waals surface area (Å²) in [7, 11) is 1.39. The first-order chi connectivity index (χ1) is 7.83. The zero-order valence-electron chi connectivity index (χ0n) is 11.2. The highest BCUT2D eigenvalue weighted by atomic mass is 35.5. The zero-order valence-corrected chi connectivity index (χ0v) is 9.04. The number of hydrogen-bond acceptors (Lipinski definition) is 4. The molecule has 1 aromatic rings. The molecule has 0 saturated heterocycles. The minimum absolute atomic E-state index is 0. The maximum absolute atomic E-state index is 9.75. The minimum atomic E-state index is -2.29. The molecule has 15 heavy (non-hydrogen) atoms. The fourth-order valence-electron chi connectivity index (χ4n) is 1.12. The molecule has 0 aliphatic carbocycles. The molecule has 4 nitrogen and oxygen atoms in total. The highest BCUT2D eigenvalue weighted by Gasteiger charge is 2.09. The first-order valence-corrected chi connectivity index (χ1v) is 4.13. The summed E-state index contributed by atoms with van der Waals surface area (Å²) >= 11 is 0. The first kappa shape index (κ1) is 9.27. The molecule has 0 saturated carbocycles. The second kappa shape index (κ2) is 6.50. The Balaban J connectivity index is 0.00000289. The largest absolute Gasteiger partial charge is 0.504 e. The van der Waals surface area contributed by atoms with Crippen molar-refractivity contribution < 1.29 is 19.1 Å². The van der Waals surface area contributed by atoms with Gasteiger partial charge >= 0.3 is 0 Å². The molecule has 0 amide bonds. The molecule has 1 unspecified atom stereocenters. The number of methoxy groups -OCH3 is 1. The first-order valence-electron chi connectivity index (χ1n) is 5.63. The summed E-state index contributed by atoms with van der Waals surface area (Å²) in [5.41, 5.74) is 0.469. The average Bonchev–Trinajstić information content (AvgIpc) is 2.25. The van der Waals surface area contributed by atoms with E-state index in [0.29, 0.717) is 5.56 Å². The lowest BCUT2D eigenvalue weighted by Crippen LogP contribution is -2.16. The van der Waals surface area contributed by atoms with Gasteiger partial charge in [0.05, 0.1) is 13.2 Å². The van der Waals surface area contributed by atoms with Crippen molar-refractivity contribution in [3.63, 3.8) is 0 Å². The Morgan fingerprint density at radius 2 is 2.33 bits per heavy atom. The molecule has 1 atom stereocenters. The third kappa shape index (κ3) is 3.58. The molecular formula is C10H16ClNO3. The van der Waals surface area contributed by atoms with Gasteiger partial charge in [-0.3, -0.25) is 0 Å². The number of likely N-dealkylation sites (N-methyl/N-ethyl adjacent to an activating group) is 1. The van der Waals surface area contributed by atoms with Crippen molar-refractivity contribution in [2.75, 3.05) is 20.6 Å². The predicted molar refractivity (Wildman–Crippen MR) is 60.8 cm³/mol. The van der Waals surface area contributed by atoms with Crippen LogP contribution in [0.3, 0.4) is 0 Å². The van der Waals surface area contributed by atoms with Crippen molar-refractivity contribution in [1.29, 1.82) is 0 Å². The fourth-order valence-corrected chi connectivity index (χ4v) is 1.12. The summed E-state index contributed by atoms with van der Waals surface area (Å²) in [6.45, 7) is -2.40.